The molecule has 2 N–H and O–H groups in total. The van der Waals surface area contributed by atoms with Gasteiger partial charge < -0.3 is 15.2 Å². The van der Waals surface area contributed by atoms with E-state index in [1.165, 1.54) is 19.0 Å². The Balaban J connectivity index is 1.57. The van der Waals surface area contributed by atoms with Crippen LogP contribution in [0.15, 0.2) is 30.5 Å². The van der Waals surface area contributed by atoms with E-state index in [4.69, 9.17) is 4.74 Å². The van der Waals surface area contributed by atoms with Crippen molar-refractivity contribution in [2.75, 3.05) is 6.61 Å². The summed E-state index contributed by atoms with van der Waals surface area (Å²) >= 11 is 0. The SMILES string of the molecule is O=C(NC1CCOC2(CCCC2)C1)c1c(O)cnc2ccccc12. The third-order valence-electron chi connectivity index (χ3n) is 5.33. The largest absolute Gasteiger partial charge is 0.505 e. The molecule has 4 rings (SSSR count). The number of carbonyl (C=O) groups excluding carboxylic acids is 1. The second kappa shape index (κ2) is 6.06. The molecule has 2 fully saturated rings. The average molecular weight is 326 g/mol. The molecule has 1 saturated carbocycles. The number of carbonyl (C=O) groups is 1. The number of nitrogens with one attached hydrogen (secondary N) is 1. The van der Waals surface area contributed by atoms with Crippen molar-refractivity contribution in [2.24, 2.45) is 0 Å². The van der Waals surface area contributed by atoms with E-state index in [2.05, 4.69) is 10.3 Å². The number of hydrogen-bond donors (Lipinski definition) is 2. The summed E-state index contributed by atoms with van der Waals surface area (Å²) < 4.78 is 6.03. The van der Waals surface area contributed by atoms with Crippen molar-refractivity contribution in [1.29, 1.82) is 0 Å². The van der Waals surface area contributed by atoms with E-state index in [9.17, 15) is 9.90 Å². The number of nitrogens with zero attached hydrogens (tertiary/aromatic N) is 1. The van der Waals surface area contributed by atoms with Crippen LogP contribution in [0, 0.1) is 0 Å². The Morgan fingerprint density at radius 3 is 2.92 bits per heavy atom. The van der Waals surface area contributed by atoms with Gasteiger partial charge in [0.1, 0.15) is 5.75 Å². The minimum Gasteiger partial charge on any atom is -0.505 e. The maximum atomic E-state index is 12.8. The number of rotatable bonds is 2. The van der Waals surface area contributed by atoms with Gasteiger partial charge in [-0.05, 0) is 31.7 Å². The lowest BCUT2D eigenvalue weighted by Crippen LogP contribution is -2.47. The molecule has 0 bridgehead atoms. The van der Waals surface area contributed by atoms with Crippen LogP contribution < -0.4 is 5.32 Å². The molecule has 1 aromatic heterocycles. The lowest BCUT2D eigenvalue weighted by atomic mass is 9.88. The highest BCUT2D eigenvalue weighted by Gasteiger charge is 2.40. The van der Waals surface area contributed by atoms with Gasteiger partial charge in [-0.15, -0.1) is 0 Å². The van der Waals surface area contributed by atoms with E-state index in [0.717, 1.165) is 25.7 Å². The molecular weight excluding hydrogens is 304 g/mol. The van der Waals surface area contributed by atoms with E-state index < -0.39 is 0 Å². The molecule has 1 aliphatic carbocycles. The smallest absolute Gasteiger partial charge is 0.256 e. The number of ether oxygens (including phenoxy) is 1. The average Bonchev–Trinajstić information content (AvgIpc) is 3.02. The molecule has 1 saturated heterocycles. The van der Waals surface area contributed by atoms with Crippen LogP contribution >= 0.6 is 0 Å². The molecule has 24 heavy (non-hydrogen) atoms. The molecule has 2 heterocycles. The first kappa shape index (κ1) is 15.4. The summed E-state index contributed by atoms with van der Waals surface area (Å²) in [5.41, 5.74) is 0.978. The van der Waals surface area contributed by atoms with Crippen molar-refractivity contribution in [3.8, 4) is 5.75 Å². The highest BCUT2D eigenvalue weighted by Crippen LogP contribution is 2.40. The van der Waals surface area contributed by atoms with Crippen LogP contribution in [0.25, 0.3) is 10.9 Å². The van der Waals surface area contributed by atoms with Crippen molar-refractivity contribution in [2.45, 2.75) is 50.2 Å². The Labute approximate surface area is 141 Å². The van der Waals surface area contributed by atoms with Gasteiger partial charge in [0.15, 0.2) is 0 Å². The number of aromatic hydroxyl groups is 1. The van der Waals surface area contributed by atoms with E-state index in [1.807, 2.05) is 24.3 Å². The third-order valence-corrected chi connectivity index (χ3v) is 5.33. The molecule has 0 radical (unpaired) electrons. The van der Waals surface area contributed by atoms with Gasteiger partial charge in [0, 0.05) is 18.0 Å². The fraction of sp³-hybridized carbons (Fsp3) is 0.474. The molecule has 5 nitrogen and oxygen atoms in total. The third kappa shape index (κ3) is 2.73. The maximum absolute atomic E-state index is 12.8. The van der Waals surface area contributed by atoms with Crippen molar-refractivity contribution in [3.05, 3.63) is 36.0 Å². The maximum Gasteiger partial charge on any atom is 0.256 e. The molecule has 1 aliphatic heterocycles. The zero-order valence-electron chi connectivity index (χ0n) is 13.6. The van der Waals surface area contributed by atoms with E-state index in [-0.39, 0.29) is 23.3 Å². The minimum atomic E-state index is -0.230. The highest BCUT2D eigenvalue weighted by atomic mass is 16.5. The quantitative estimate of drug-likeness (QED) is 0.889. The normalized spacial score (nSPS) is 22.8. The summed E-state index contributed by atoms with van der Waals surface area (Å²) in [6.07, 6.45) is 7.61. The molecule has 1 atom stereocenters. The van der Waals surface area contributed by atoms with Gasteiger partial charge in [-0.3, -0.25) is 9.78 Å². The van der Waals surface area contributed by atoms with E-state index in [0.29, 0.717) is 23.1 Å². The molecule has 2 aliphatic rings. The standard InChI is InChI=1S/C19H22N2O3/c22-16-12-20-15-6-2-1-5-14(15)17(16)18(23)21-13-7-10-24-19(11-13)8-3-4-9-19/h1-2,5-6,12-13,22H,3-4,7-11H2,(H,21,23). The van der Waals surface area contributed by atoms with E-state index >= 15 is 0 Å². The molecule has 1 unspecified atom stereocenters. The number of para-hydroxylation sites is 1. The molecule has 1 amide bonds. The number of benzene rings is 1. The Bertz CT molecular complexity index is 768. The van der Waals surface area contributed by atoms with Crippen molar-refractivity contribution in [3.63, 3.8) is 0 Å². The number of fused-ring (bicyclic) bond motifs is 1. The number of amides is 1. The van der Waals surface area contributed by atoms with Crippen LogP contribution in [0.3, 0.4) is 0 Å². The Morgan fingerprint density at radius 1 is 1.29 bits per heavy atom. The zero-order valence-corrected chi connectivity index (χ0v) is 13.6. The van der Waals surface area contributed by atoms with Gasteiger partial charge in [0.25, 0.3) is 5.91 Å². The van der Waals surface area contributed by atoms with Crippen LogP contribution in [-0.4, -0.2) is 34.2 Å². The summed E-state index contributed by atoms with van der Waals surface area (Å²) in [5.74, 6) is -0.306. The van der Waals surface area contributed by atoms with Gasteiger partial charge in [0.2, 0.25) is 0 Å². The second-order valence-electron chi connectivity index (χ2n) is 6.94. The van der Waals surface area contributed by atoms with Crippen molar-refractivity contribution < 1.29 is 14.6 Å². The molecule has 1 aromatic carbocycles. The number of aromatic nitrogens is 1. The molecule has 2 aromatic rings. The predicted octanol–water partition coefficient (Wildman–Crippen LogP) is 3.16. The number of pyridine rings is 1. The Morgan fingerprint density at radius 2 is 2.08 bits per heavy atom. The summed E-state index contributed by atoms with van der Waals surface area (Å²) in [6, 6.07) is 7.47. The van der Waals surface area contributed by atoms with Crippen LogP contribution in [0.5, 0.6) is 5.75 Å². The van der Waals surface area contributed by atoms with Crippen LogP contribution in [0.4, 0.5) is 0 Å². The monoisotopic (exact) mass is 326 g/mol. The first-order valence-corrected chi connectivity index (χ1v) is 8.68. The second-order valence-corrected chi connectivity index (χ2v) is 6.94. The fourth-order valence-corrected chi connectivity index (χ4v) is 4.15. The summed E-state index contributed by atoms with van der Waals surface area (Å²) in [6.45, 7) is 0.689. The van der Waals surface area contributed by atoms with E-state index in [1.54, 1.807) is 0 Å². The van der Waals surface area contributed by atoms with Crippen molar-refractivity contribution >= 4 is 16.8 Å². The van der Waals surface area contributed by atoms with Crippen LogP contribution in [0.2, 0.25) is 0 Å². The highest BCUT2D eigenvalue weighted by molar-refractivity contribution is 6.08. The van der Waals surface area contributed by atoms with Gasteiger partial charge in [0.05, 0.1) is 22.9 Å². The van der Waals surface area contributed by atoms with Gasteiger partial charge in [-0.2, -0.15) is 0 Å². The van der Waals surface area contributed by atoms with Crippen LogP contribution in [0.1, 0.15) is 48.9 Å². The molecule has 1 spiro atoms. The summed E-state index contributed by atoms with van der Waals surface area (Å²) in [7, 11) is 0. The lowest BCUT2D eigenvalue weighted by molar-refractivity contribution is -0.0823. The number of hydrogen-bond acceptors (Lipinski definition) is 4. The van der Waals surface area contributed by atoms with Gasteiger partial charge in [-0.1, -0.05) is 31.0 Å². The molecule has 5 heteroatoms. The first-order chi connectivity index (χ1) is 11.7. The molecular formula is C19H22N2O3. The molecule has 126 valence electrons. The van der Waals surface area contributed by atoms with Crippen molar-refractivity contribution in [1.82, 2.24) is 10.3 Å². The Kier molecular flexibility index (Phi) is 3.88. The Hall–Kier alpha value is -2.14. The fourth-order valence-electron chi connectivity index (χ4n) is 4.15. The zero-order chi connectivity index (χ0) is 16.6. The summed E-state index contributed by atoms with van der Waals surface area (Å²) in [5, 5.41) is 14.0. The first-order valence-electron chi connectivity index (χ1n) is 8.68. The topological polar surface area (TPSA) is 71.5 Å². The summed E-state index contributed by atoms with van der Waals surface area (Å²) in [4.78, 5) is 17.0. The van der Waals surface area contributed by atoms with Gasteiger partial charge in [-0.25, -0.2) is 0 Å². The van der Waals surface area contributed by atoms with Crippen LogP contribution in [-0.2, 0) is 4.74 Å². The predicted molar refractivity (Wildman–Crippen MR) is 91.0 cm³/mol. The lowest BCUT2D eigenvalue weighted by Gasteiger charge is -2.38. The minimum absolute atomic E-state index is 0.0431. The van der Waals surface area contributed by atoms with Gasteiger partial charge >= 0.3 is 0 Å².